The van der Waals surface area contributed by atoms with E-state index in [0.29, 0.717) is 11.1 Å². The zero-order chi connectivity index (χ0) is 27.1. The molecule has 3 rings (SSSR count). The Morgan fingerprint density at radius 3 is 2.25 bits per heavy atom. The van der Waals surface area contributed by atoms with Crippen molar-refractivity contribution < 1.29 is 19.5 Å². The van der Waals surface area contributed by atoms with Crippen LogP contribution in [0.5, 0.6) is 0 Å². The lowest BCUT2D eigenvalue weighted by atomic mass is 9.82. The van der Waals surface area contributed by atoms with Gasteiger partial charge in [-0.2, -0.15) is 0 Å². The largest absolute Gasteiger partial charge is 0.383 e. The van der Waals surface area contributed by atoms with Crippen molar-refractivity contribution >= 4 is 40.6 Å². The van der Waals surface area contributed by atoms with Crippen LogP contribution in [0.15, 0.2) is 56.1 Å². The monoisotopic (exact) mass is 514 g/mol. The lowest BCUT2D eigenvalue weighted by Gasteiger charge is -2.25. The number of hydrogen-bond donors (Lipinski definition) is 3. The first-order chi connectivity index (χ1) is 16.7. The van der Waals surface area contributed by atoms with Gasteiger partial charge in [-0.25, -0.2) is 9.36 Å². The topological polar surface area (TPSA) is 153 Å². The number of nitrogens with one attached hydrogen (secondary N) is 1. The first-order valence-corrected chi connectivity index (χ1v) is 11.4. The number of carbonyl (C=O) groups excluding carboxylic acids is 3. The summed E-state index contributed by atoms with van der Waals surface area (Å²) in [7, 11) is 1.21. The number of benzene rings is 1. The number of nitrogens with zero attached hydrogens (tertiary/aromatic N) is 2. The molecule has 0 bridgehead atoms. The Labute approximate surface area is 211 Å². The summed E-state index contributed by atoms with van der Waals surface area (Å²) in [6.07, 6.45) is -0.269. The number of hydrogen-bond acceptors (Lipinski definition) is 7. The molecular formula is C25H27ClN4O6. The van der Waals surface area contributed by atoms with Crippen molar-refractivity contribution in [1.29, 1.82) is 0 Å². The highest BCUT2D eigenvalue weighted by Crippen LogP contribution is 2.30. The summed E-state index contributed by atoms with van der Waals surface area (Å²) in [4.78, 5) is 63.6. The summed E-state index contributed by atoms with van der Waals surface area (Å²) in [6.45, 7) is 5.88. The molecule has 0 aliphatic heterocycles. The van der Waals surface area contributed by atoms with Gasteiger partial charge in [0.2, 0.25) is 0 Å². The molecule has 11 heteroatoms. The van der Waals surface area contributed by atoms with Gasteiger partial charge in [0.1, 0.15) is 17.1 Å². The van der Waals surface area contributed by atoms with E-state index in [1.54, 1.807) is 26.0 Å². The minimum Gasteiger partial charge on any atom is -0.383 e. The average Bonchev–Trinajstić information content (AvgIpc) is 2.83. The molecule has 0 saturated carbocycles. The van der Waals surface area contributed by atoms with Gasteiger partial charge in [0.15, 0.2) is 11.6 Å². The summed E-state index contributed by atoms with van der Waals surface area (Å²) in [5, 5.41) is 13.4. The van der Waals surface area contributed by atoms with Crippen LogP contribution in [0.1, 0.15) is 40.5 Å². The number of aromatic nitrogens is 2. The standard InChI is InChI=1S/C25H27ClN4O6/c1-12-13(2)20(32)15(14(3)19(12)31)10-11-25(4,36)23(34)28-18-21(27)30(24(35)29(5)22(18)33)17-9-7-6-8-16(17)26/h6-9,36H,10-11,27H2,1-5H3,(H,28,34). The molecule has 1 aromatic carbocycles. The Hall–Kier alpha value is -3.76. The number of nitrogens with two attached hydrogens (primary N) is 1. The molecule has 1 unspecified atom stereocenters. The van der Waals surface area contributed by atoms with Crippen molar-refractivity contribution in [3.63, 3.8) is 0 Å². The molecule has 2 aromatic rings. The third-order valence-electron chi connectivity index (χ3n) is 6.49. The molecule has 0 radical (unpaired) electrons. The van der Waals surface area contributed by atoms with Gasteiger partial charge in [0.25, 0.3) is 11.5 Å². The van der Waals surface area contributed by atoms with E-state index in [9.17, 15) is 29.1 Å². The van der Waals surface area contributed by atoms with Gasteiger partial charge in [0, 0.05) is 29.3 Å². The first-order valence-electron chi connectivity index (χ1n) is 11.1. The normalized spacial score (nSPS) is 15.9. The fourth-order valence-electron chi connectivity index (χ4n) is 3.90. The van der Waals surface area contributed by atoms with Crippen molar-refractivity contribution in [1.82, 2.24) is 9.13 Å². The number of rotatable bonds is 6. The van der Waals surface area contributed by atoms with E-state index < -0.39 is 28.4 Å². The van der Waals surface area contributed by atoms with Crippen LogP contribution in [-0.4, -0.2) is 37.3 Å². The molecule has 190 valence electrons. The van der Waals surface area contributed by atoms with E-state index in [1.807, 2.05) is 0 Å². The van der Waals surface area contributed by atoms with Crippen LogP contribution >= 0.6 is 11.6 Å². The highest BCUT2D eigenvalue weighted by molar-refractivity contribution is 6.32. The van der Waals surface area contributed by atoms with Crippen LogP contribution in [0, 0.1) is 0 Å². The first kappa shape index (κ1) is 26.8. The summed E-state index contributed by atoms with van der Waals surface area (Å²) in [5.41, 5.74) is 3.36. The van der Waals surface area contributed by atoms with E-state index in [2.05, 4.69) is 5.32 Å². The van der Waals surface area contributed by atoms with E-state index in [4.69, 9.17) is 17.3 Å². The average molecular weight is 515 g/mol. The molecule has 4 N–H and O–H groups in total. The predicted molar refractivity (Wildman–Crippen MR) is 136 cm³/mol. The van der Waals surface area contributed by atoms with Gasteiger partial charge < -0.3 is 16.2 Å². The second-order valence-electron chi connectivity index (χ2n) is 8.93. The number of carbonyl (C=O) groups is 3. The third-order valence-corrected chi connectivity index (χ3v) is 6.81. The van der Waals surface area contributed by atoms with Crippen LogP contribution in [0.4, 0.5) is 11.5 Å². The molecule has 0 fully saturated rings. The van der Waals surface area contributed by atoms with Crippen molar-refractivity contribution in [2.75, 3.05) is 11.1 Å². The molecule has 1 heterocycles. The van der Waals surface area contributed by atoms with Gasteiger partial charge >= 0.3 is 5.69 Å². The van der Waals surface area contributed by atoms with Crippen molar-refractivity contribution in [2.45, 2.75) is 46.1 Å². The van der Waals surface area contributed by atoms with Crippen LogP contribution in [-0.2, 0) is 21.4 Å². The quantitative estimate of drug-likeness (QED) is 0.498. The van der Waals surface area contributed by atoms with E-state index >= 15 is 0 Å². The van der Waals surface area contributed by atoms with E-state index in [1.165, 1.54) is 33.0 Å². The Morgan fingerprint density at radius 1 is 1.06 bits per heavy atom. The molecule has 1 aliphatic rings. The van der Waals surface area contributed by atoms with E-state index in [-0.39, 0.29) is 52.1 Å². The number of anilines is 2. The summed E-state index contributed by atoms with van der Waals surface area (Å²) in [5.74, 6) is -1.93. The second kappa shape index (κ2) is 9.71. The number of ketones is 2. The van der Waals surface area contributed by atoms with Crippen LogP contribution in [0.2, 0.25) is 5.02 Å². The number of halogens is 1. The number of amides is 1. The van der Waals surface area contributed by atoms with Gasteiger partial charge in [0.05, 0.1) is 10.7 Å². The fourth-order valence-corrected chi connectivity index (χ4v) is 4.12. The lowest BCUT2D eigenvalue weighted by molar-refractivity contribution is -0.133. The van der Waals surface area contributed by atoms with Gasteiger partial charge in [-0.05, 0) is 52.7 Å². The Kier molecular flexibility index (Phi) is 7.24. The molecule has 36 heavy (non-hydrogen) atoms. The lowest BCUT2D eigenvalue weighted by Crippen LogP contribution is -2.45. The number of nitrogen functional groups attached to an aromatic ring is 1. The van der Waals surface area contributed by atoms with Crippen molar-refractivity contribution in [3.05, 3.63) is 72.4 Å². The molecule has 0 saturated heterocycles. The van der Waals surface area contributed by atoms with Crippen molar-refractivity contribution in [3.8, 4) is 5.69 Å². The van der Waals surface area contributed by atoms with Crippen LogP contribution in [0.3, 0.4) is 0 Å². The van der Waals surface area contributed by atoms with Gasteiger partial charge in [-0.3, -0.25) is 23.7 Å². The summed E-state index contributed by atoms with van der Waals surface area (Å²) < 4.78 is 1.73. The summed E-state index contributed by atoms with van der Waals surface area (Å²) in [6, 6.07) is 6.31. The van der Waals surface area contributed by atoms with Crippen molar-refractivity contribution in [2.24, 2.45) is 7.05 Å². The molecular weight excluding hydrogens is 488 g/mol. The maximum Gasteiger partial charge on any atom is 0.337 e. The summed E-state index contributed by atoms with van der Waals surface area (Å²) >= 11 is 6.20. The number of para-hydroxylation sites is 1. The molecule has 1 aliphatic carbocycles. The highest BCUT2D eigenvalue weighted by Gasteiger charge is 2.35. The molecule has 0 spiro atoms. The molecule has 1 amide bonds. The second-order valence-corrected chi connectivity index (χ2v) is 9.34. The third kappa shape index (κ3) is 4.57. The van der Waals surface area contributed by atoms with Gasteiger partial charge in [-0.15, -0.1) is 0 Å². The minimum absolute atomic E-state index is 0.0476. The minimum atomic E-state index is -2.05. The van der Waals surface area contributed by atoms with E-state index in [0.717, 1.165) is 9.13 Å². The maximum absolute atomic E-state index is 13.0. The van der Waals surface area contributed by atoms with Gasteiger partial charge in [-0.1, -0.05) is 23.7 Å². The smallest absolute Gasteiger partial charge is 0.337 e. The highest BCUT2D eigenvalue weighted by atomic mass is 35.5. The molecule has 10 nitrogen and oxygen atoms in total. The predicted octanol–water partition coefficient (Wildman–Crippen LogP) is 2.05. The Balaban J connectivity index is 1.93. The Bertz CT molecular complexity index is 1490. The number of Topliss-reactive ketones (excluding diaryl/α,β-unsaturated/α-hetero) is 2. The van der Waals surface area contributed by atoms with Crippen LogP contribution < -0.4 is 22.3 Å². The molecule has 1 aromatic heterocycles. The SMILES string of the molecule is CC1=C(C)C(=O)C(CCC(C)(O)C(=O)Nc2c(N)n(-c3ccccc3Cl)c(=O)n(C)c2=O)=C(C)C1=O. The maximum atomic E-state index is 13.0. The Morgan fingerprint density at radius 2 is 1.64 bits per heavy atom. The van der Waals surface area contributed by atoms with Crippen LogP contribution in [0.25, 0.3) is 5.69 Å². The zero-order valence-corrected chi connectivity index (χ0v) is 21.3. The number of aliphatic hydroxyl groups is 1. The molecule has 1 atom stereocenters. The number of allylic oxidation sites excluding steroid dienone is 4. The zero-order valence-electron chi connectivity index (χ0n) is 20.6. The fraction of sp³-hybridized carbons (Fsp3) is 0.320.